The van der Waals surface area contributed by atoms with Crippen LogP contribution in [0.15, 0.2) is 42.5 Å². The van der Waals surface area contributed by atoms with Crippen molar-refractivity contribution in [2.24, 2.45) is 5.73 Å². The Kier molecular flexibility index (Phi) is 6.90. The Morgan fingerprint density at radius 1 is 1.26 bits per heavy atom. The van der Waals surface area contributed by atoms with Gasteiger partial charge in [0, 0.05) is 11.6 Å². The summed E-state index contributed by atoms with van der Waals surface area (Å²) in [5.41, 5.74) is 7.73. The van der Waals surface area contributed by atoms with Gasteiger partial charge in [0.05, 0.1) is 6.61 Å². The number of esters is 1. The number of unbranched alkanes of at least 4 members (excludes halogenated alkanes) is 2. The van der Waals surface area contributed by atoms with E-state index in [9.17, 15) is 4.79 Å². The molecule has 0 aromatic heterocycles. The molecule has 1 aromatic carbocycles. The summed E-state index contributed by atoms with van der Waals surface area (Å²) in [7, 11) is 0. The summed E-state index contributed by atoms with van der Waals surface area (Å²) in [5, 5.41) is 0. The van der Waals surface area contributed by atoms with Gasteiger partial charge in [0.2, 0.25) is 0 Å². The molecule has 104 valence electrons. The van der Waals surface area contributed by atoms with Crippen LogP contribution in [-0.2, 0) is 9.53 Å². The smallest absolute Gasteiger partial charge is 0.333 e. The van der Waals surface area contributed by atoms with Gasteiger partial charge < -0.3 is 10.5 Å². The Morgan fingerprint density at radius 3 is 2.58 bits per heavy atom. The molecule has 1 unspecified atom stereocenters. The maximum absolute atomic E-state index is 11.1. The fraction of sp³-hybridized carbons (Fsp3) is 0.438. The van der Waals surface area contributed by atoms with Crippen LogP contribution < -0.4 is 5.73 Å². The van der Waals surface area contributed by atoms with Crippen LogP contribution in [0.2, 0.25) is 0 Å². The van der Waals surface area contributed by atoms with Crippen LogP contribution in [-0.4, -0.2) is 12.6 Å². The summed E-state index contributed by atoms with van der Waals surface area (Å²) in [5.74, 6) is -0.305. The first-order chi connectivity index (χ1) is 9.11. The van der Waals surface area contributed by atoms with Gasteiger partial charge in [-0.05, 0) is 31.7 Å². The van der Waals surface area contributed by atoms with Gasteiger partial charge in [0.1, 0.15) is 0 Å². The highest BCUT2D eigenvalue weighted by atomic mass is 16.5. The van der Waals surface area contributed by atoms with Gasteiger partial charge in [-0.2, -0.15) is 0 Å². The molecule has 2 N–H and O–H groups in total. The van der Waals surface area contributed by atoms with Crippen LogP contribution in [0.1, 0.15) is 44.2 Å². The van der Waals surface area contributed by atoms with Crippen LogP contribution in [0.4, 0.5) is 0 Å². The summed E-state index contributed by atoms with van der Waals surface area (Å²) < 4.78 is 5.03. The molecule has 0 saturated heterocycles. The van der Waals surface area contributed by atoms with Crippen LogP contribution >= 0.6 is 0 Å². The number of hydrogen-bond donors (Lipinski definition) is 1. The molecule has 1 atom stereocenters. The summed E-state index contributed by atoms with van der Waals surface area (Å²) in [6, 6.07) is 10.2. The zero-order valence-electron chi connectivity index (χ0n) is 11.6. The minimum absolute atomic E-state index is 0.0965. The lowest BCUT2D eigenvalue weighted by molar-refractivity contribution is -0.139. The molecule has 19 heavy (non-hydrogen) atoms. The van der Waals surface area contributed by atoms with Crippen LogP contribution in [0.25, 0.3) is 0 Å². The topological polar surface area (TPSA) is 52.3 Å². The van der Waals surface area contributed by atoms with Crippen molar-refractivity contribution in [2.45, 2.75) is 38.6 Å². The quantitative estimate of drug-likeness (QED) is 0.443. The molecular formula is C16H23NO2. The van der Waals surface area contributed by atoms with Crippen molar-refractivity contribution in [3.8, 4) is 0 Å². The molecule has 0 aliphatic heterocycles. The Labute approximate surface area is 115 Å². The molecule has 3 nitrogen and oxygen atoms in total. The first-order valence-electron chi connectivity index (χ1n) is 6.74. The Hall–Kier alpha value is -1.61. The van der Waals surface area contributed by atoms with E-state index in [0.29, 0.717) is 12.2 Å². The normalized spacial score (nSPS) is 11.9. The number of nitrogens with two attached hydrogens (primary N) is 1. The van der Waals surface area contributed by atoms with E-state index in [2.05, 4.69) is 18.7 Å². The largest absolute Gasteiger partial charge is 0.462 e. The number of carbonyl (C=O) groups is 1. The second kappa shape index (κ2) is 8.48. The zero-order valence-corrected chi connectivity index (χ0v) is 11.6. The van der Waals surface area contributed by atoms with E-state index < -0.39 is 0 Å². The van der Waals surface area contributed by atoms with E-state index in [0.717, 1.165) is 25.7 Å². The summed E-state index contributed by atoms with van der Waals surface area (Å²) in [4.78, 5) is 11.1. The maximum atomic E-state index is 11.1. The molecule has 1 rings (SSSR count). The first kappa shape index (κ1) is 15.4. The van der Waals surface area contributed by atoms with Gasteiger partial charge in [0.25, 0.3) is 0 Å². The van der Waals surface area contributed by atoms with E-state index in [-0.39, 0.29) is 12.0 Å². The third-order valence-electron chi connectivity index (χ3n) is 2.97. The third kappa shape index (κ3) is 6.20. The number of hydrogen-bond acceptors (Lipinski definition) is 3. The van der Waals surface area contributed by atoms with Crippen LogP contribution in [0, 0.1) is 0 Å². The lowest BCUT2D eigenvalue weighted by Crippen LogP contribution is -2.10. The third-order valence-corrected chi connectivity index (χ3v) is 2.97. The lowest BCUT2D eigenvalue weighted by atomic mass is 10.0. The summed E-state index contributed by atoms with van der Waals surface area (Å²) >= 11 is 0. The van der Waals surface area contributed by atoms with E-state index >= 15 is 0 Å². The second-order valence-corrected chi connectivity index (χ2v) is 4.78. The Bertz CT molecular complexity index is 400. The van der Waals surface area contributed by atoms with Crippen LogP contribution in [0.5, 0.6) is 0 Å². The molecule has 0 aliphatic carbocycles. The van der Waals surface area contributed by atoms with Crippen molar-refractivity contribution in [1.29, 1.82) is 0 Å². The highest BCUT2D eigenvalue weighted by Crippen LogP contribution is 2.16. The van der Waals surface area contributed by atoms with Crippen LogP contribution in [0.3, 0.4) is 0 Å². The molecule has 3 heteroatoms. The number of ether oxygens (including phenoxy) is 1. The highest BCUT2D eigenvalue weighted by Gasteiger charge is 2.05. The molecule has 0 fully saturated rings. The van der Waals surface area contributed by atoms with E-state index in [4.69, 9.17) is 10.5 Å². The van der Waals surface area contributed by atoms with Gasteiger partial charge in [-0.1, -0.05) is 43.3 Å². The monoisotopic (exact) mass is 261 g/mol. The van der Waals surface area contributed by atoms with Crippen molar-refractivity contribution in [3.63, 3.8) is 0 Å². The standard InChI is InChI=1S/C16H23NO2/c1-13(2)16(18)19-12-8-4-7-11-15(17)14-9-5-3-6-10-14/h3,5-6,9-10,15H,1,4,7-8,11-12,17H2,2H3. The Morgan fingerprint density at radius 2 is 1.95 bits per heavy atom. The van der Waals surface area contributed by atoms with Gasteiger partial charge in [-0.3, -0.25) is 0 Å². The number of rotatable bonds is 8. The molecule has 0 aliphatic rings. The second-order valence-electron chi connectivity index (χ2n) is 4.78. The van der Waals surface area contributed by atoms with E-state index in [1.165, 1.54) is 5.56 Å². The number of carbonyl (C=O) groups excluding carboxylic acids is 1. The average molecular weight is 261 g/mol. The van der Waals surface area contributed by atoms with E-state index in [1.54, 1.807) is 6.92 Å². The summed E-state index contributed by atoms with van der Waals surface area (Å²) in [6.07, 6.45) is 3.89. The predicted molar refractivity (Wildman–Crippen MR) is 77.6 cm³/mol. The number of benzene rings is 1. The molecular weight excluding hydrogens is 238 g/mol. The minimum Gasteiger partial charge on any atom is -0.462 e. The minimum atomic E-state index is -0.305. The Balaban J connectivity index is 2.08. The first-order valence-corrected chi connectivity index (χ1v) is 6.74. The van der Waals surface area contributed by atoms with Crippen molar-refractivity contribution < 1.29 is 9.53 Å². The molecule has 0 radical (unpaired) electrons. The maximum Gasteiger partial charge on any atom is 0.333 e. The predicted octanol–water partition coefficient (Wildman–Crippen LogP) is 3.37. The van der Waals surface area contributed by atoms with Gasteiger partial charge in [-0.15, -0.1) is 0 Å². The van der Waals surface area contributed by atoms with Crippen molar-refractivity contribution in [2.75, 3.05) is 6.61 Å². The fourth-order valence-electron chi connectivity index (χ4n) is 1.80. The highest BCUT2D eigenvalue weighted by molar-refractivity contribution is 5.86. The van der Waals surface area contributed by atoms with Gasteiger partial charge in [0.15, 0.2) is 0 Å². The molecule has 0 bridgehead atoms. The molecule has 0 heterocycles. The van der Waals surface area contributed by atoms with E-state index in [1.807, 2.05) is 18.2 Å². The van der Waals surface area contributed by atoms with Crippen molar-refractivity contribution in [1.82, 2.24) is 0 Å². The SMILES string of the molecule is C=C(C)C(=O)OCCCCCC(N)c1ccccc1. The van der Waals surface area contributed by atoms with Crippen molar-refractivity contribution >= 4 is 5.97 Å². The molecule has 1 aromatic rings. The van der Waals surface area contributed by atoms with Gasteiger partial charge >= 0.3 is 5.97 Å². The fourth-order valence-corrected chi connectivity index (χ4v) is 1.80. The molecule has 0 spiro atoms. The lowest BCUT2D eigenvalue weighted by Gasteiger charge is -2.11. The van der Waals surface area contributed by atoms with Crippen molar-refractivity contribution in [3.05, 3.63) is 48.0 Å². The molecule has 0 saturated carbocycles. The summed E-state index contributed by atoms with van der Waals surface area (Å²) in [6.45, 7) is 5.65. The van der Waals surface area contributed by atoms with Gasteiger partial charge in [-0.25, -0.2) is 4.79 Å². The average Bonchev–Trinajstić information content (AvgIpc) is 2.42. The molecule has 0 amide bonds. The zero-order chi connectivity index (χ0) is 14.1.